The molecule has 0 radical (unpaired) electrons. The molecule has 2 aromatic carbocycles. The van der Waals surface area contributed by atoms with E-state index in [1.54, 1.807) is 37.2 Å². The molecule has 0 saturated heterocycles. The van der Waals surface area contributed by atoms with Crippen LogP contribution in [0.5, 0.6) is 5.75 Å². The second-order valence-corrected chi connectivity index (χ2v) is 6.70. The first-order valence-electron chi connectivity index (χ1n) is 8.09. The van der Waals surface area contributed by atoms with Crippen LogP contribution < -0.4 is 4.74 Å². The molecule has 0 N–H and O–H groups in total. The Balaban J connectivity index is 1.63. The molecule has 4 nitrogen and oxygen atoms in total. The molecule has 0 fully saturated rings. The lowest BCUT2D eigenvalue weighted by Crippen LogP contribution is -1.91. The van der Waals surface area contributed by atoms with Crippen molar-refractivity contribution in [2.75, 3.05) is 7.11 Å². The largest absolute Gasteiger partial charge is 0.497 e. The highest BCUT2D eigenvalue weighted by Crippen LogP contribution is 2.29. The number of halogens is 1. The molecule has 0 atom stereocenters. The van der Waals surface area contributed by atoms with E-state index in [1.165, 1.54) is 12.1 Å². The molecular formula is C20H16FN3OS. The van der Waals surface area contributed by atoms with E-state index in [9.17, 15) is 4.39 Å². The number of fused-ring (bicyclic) bond motifs is 1. The Morgan fingerprint density at radius 3 is 2.77 bits per heavy atom. The molecule has 0 aliphatic rings. The highest BCUT2D eigenvalue weighted by atomic mass is 32.2. The fraction of sp³-hybridized carbons (Fsp3) is 0.100. The molecule has 4 aromatic rings. The van der Waals surface area contributed by atoms with E-state index < -0.39 is 0 Å². The van der Waals surface area contributed by atoms with Gasteiger partial charge in [0.1, 0.15) is 16.6 Å². The van der Waals surface area contributed by atoms with Crippen LogP contribution in [-0.2, 0) is 5.75 Å². The van der Waals surface area contributed by atoms with Gasteiger partial charge in [-0.1, -0.05) is 36.0 Å². The summed E-state index contributed by atoms with van der Waals surface area (Å²) in [4.78, 5) is 4.48. The van der Waals surface area contributed by atoms with Crippen LogP contribution in [0.25, 0.3) is 16.8 Å². The van der Waals surface area contributed by atoms with Gasteiger partial charge in [0.25, 0.3) is 0 Å². The van der Waals surface area contributed by atoms with Gasteiger partial charge in [-0.25, -0.2) is 13.9 Å². The molecule has 0 bridgehead atoms. The van der Waals surface area contributed by atoms with Crippen LogP contribution >= 0.6 is 11.8 Å². The summed E-state index contributed by atoms with van der Waals surface area (Å²) in [7, 11) is 1.65. The number of rotatable bonds is 5. The fourth-order valence-corrected chi connectivity index (χ4v) is 3.60. The van der Waals surface area contributed by atoms with E-state index in [4.69, 9.17) is 4.74 Å². The Morgan fingerprint density at radius 1 is 1.12 bits per heavy atom. The molecule has 2 heterocycles. The van der Waals surface area contributed by atoms with Crippen molar-refractivity contribution in [3.63, 3.8) is 0 Å². The topological polar surface area (TPSA) is 39.4 Å². The van der Waals surface area contributed by atoms with Crippen molar-refractivity contribution in [2.45, 2.75) is 10.8 Å². The number of benzene rings is 2. The third-order valence-electron chi connectivity index (χ3n) is 4.01. The number of thioether (sulfide) groups is 1. The van der Waals surface area contributed by atoms with Crippen molar-refractivity contribution in [3.8, 4) is 17.0 Å². The second kappa shape index (κ2) is 7.17. The monoisotopic (exact) mass is 365 g/mol. The maximum atomic E-state index is 13.0. The number of hydrogen-bond acceptors (Lipinski definition) is 4. The summed E-state index contributed by atoms with van der Waals surface area (Å²) in [5.41, 5.74) is 3.84. The zero-order valence-corrected chi connectivity index (χ0v) is 14.9. The molecule has 130 valence electrons. The van der Waals surface area contributed by atoms with Crippen molar-refractivity contribution < 1.29 is 9.13 Å². The van der Waals surface area contributed by atoms with E-state index in [2.05, 4.69) is 10.1 Å². The average Bonchev–Trinajstić information content (AvgIpc) is 3.12. The maximum Gasteiger partial charge on any atom is 0.123 e. The minimum absolute atomic E-state index is 0.224. The highest BCUT2D eigenvalue weighted by molar-refractivity contribution is 7.98. The summed E-state index contributed by atoms with van der Waals surface area (Å²) in [6, 6.07) is 16.4. The molecule has 0 spiro atoms. The van der Waals surface area contributed by atoms with Gasteiger partial charge in [0.05, 0.1) is 18.3 Å². The minimum Gasteiger partial charge on any atom is -0.497 e. The zero-order valence-electron chi connectivity index (χ0n) is 14.1. The van der Waals surface area contributed by atoms with Crippen LogP contribution in [0.3, 0.4) is 0 Å². The van der Waals surface area contributed by atoms with Crippen LogP contribution in [0, 0.1) is 5.82 Å². The first-order chi connectivity index (χ1) is 12.7. The third kappa shape index (κ3) is 3.41. The van der Waals surface area contributed by atoms with Crippen molar-refractivity contribution in [2.24, 2.45) is 0 Å². The van der Waals surface area contributed by atoms with Crippen LogP contribution in [-0.4, -0.2) is 21.7 Å². The molecular weight excluding hydrogens is 349 g/mol. The lowest BCUT2D eigenvalue weighted by atomic mass is 10.1. The second-order valence-electron chi connectivity index (χ2n) is 5.74. The summed E-state index contributed by atoms with van der Waals surface area (Å²) in [6.07, 6.45) is 3.57. The predicted molar refractivity (Wildman–Crippen MR) is 101 cm³/mol. The summed E-state index contributed by atoms with van der Waals surface area (Å²) >= 11 is 1.61. The van der Waals surface area contributed by atoms with Gasteiger partial charge in [-0.2, -0.15) is 5.10 Å². The Hall–Kier alpha value is -2.86. The van der Waals surface area contributed by atoms with Crippen molar-refractivity contribution in [1.82, 2.24) is 14.6 Å². The molecule has 0 aliphatic heterocycles. The van der Waals surface area contributed by atoms with Crippen molar-refractivity contribution in [1.29, 1.82) is 0 Å². The van der Waals surface area contributed by atoms with Gasteiger partial charge in [0.2, 0.25) is 0 Å². The molecule has 0 amide bonds. The normalized spacial score (nSPS) is 11.0. The van der Waals surface area contributed by atoms with E-state index >= 15 is 0 Å². The lowest BCUT2D eigenvalue weighted by molar-refractivity contribution is 0.415. The third-order valence-corrected chi connectivity index (χ3v) is 5.07. The maximum absolute atomic E-state index is 13.0. The Labute approximate surface area is 154 Å². The first-order valence-corrected chi connectivity index (χ1v) is 9.07. The van der Waals surface area contributed by atoms with Crippen LogP contribution in [0.1, 0.15) is 5.56 Å². The summed E-state index contributed by atoms with van der Waals surface area (Å²) in [6.45, 7) is 0. The molecule has 2 aromatic heterocycles. The molecule has 6 heteroatoms. The molecule has 26 heavy (non-hydrogen) atoms. The summed E-state index contributed by atoms with van der Waals surface area (Å²) < 4.78 is 20.2. The van der Waals surface area contributed by atoms with Gasteiger partial charge in [0, 0.05) is 23.7 Å². The minimum atomic E-state index is -0.224. The molecule has 0 saturated carbocycles. The smallest absolute Gasteiger partial charge is 0.123 e. The quantitative estimate of drug-likeness (QED) is 0.475. The van der Waals surface area contributed by atoms with E-state index in [1.807, 2.05) is 41.0 Å². The molecule has 4 rings (SSSR count). The van der Waals surface area contributed by atoms with Gasteiger partial charge >= 0.3 is 0 Å². The number of aromatic nitrogens is 3. The number of hydrogen-bond donors (Lipinski definition) is 0. The molecule has 0 unspecified atom stereocenters. The number of ether oxygens (including phenoxy) is 1. The van der Waals surface area contributed by atoms with Crippen LogP contribution in [0.2, 0.25) is 0 Å². The van der Waals surface area contributed by atoms with Crippen molar-refractivity contribution >= 4 is 17.3 Å². The highest BCUT2D eigenvalue weighted by Gasteiger charge is 2.10. The van der Waals surface area contributed by atoms with Gasteiger partial charge in [-0.3, -0.25) is 0 Å². The number of nitrogens with zero attached hydrogens (tertiary/aromatic N) is 3. The zero-order chi connectivity index (χ0) is 17.9. The Kier molecular flexibility index (Phi) is 4.58. The van der Waals surface area contributed by atoms with Crippen LogP contribution in [0.15, 0.2) is 72.0 Å². The summed E-state index contributed by atoms with van der Waals surface area (Å²) in [5, 5.41) is 5.53. The van der Waals surface area contributed by atoms with E-state index in [0.717, 1.165) is 33.1 Å². The standard InChI is InChI=1S/C20H16FN3OS/c1-25-17-4-2-3-15(11-17)18-12-19-20(22-9-10-24(19)23-18)26-13-14-5-7-16(21)8-6-14/h2-12H,13H2,1H3. The summed E-state index contributed by atoms with van der Waals surface area (Å²) in [5.74, 6) is 1.29. The van der Waals surface area contributed by atoms with Crippen molar-refractivity contribution in [3.05, 3.63) is 78.4 Å². The first kappa shape index (κ1) is 16.6. The van der Waals surface area contributed by atoms with Gasteiger partial charge < -0.3 is 4.74 Å². The number of methoxy groups -OCH3 is 1. The SMILES string of the molecule is COc1cccc(-c2cc3c(SCc4ccc(F)cc4)nccn3n2)c1. The van der Waals surface area contributed by atoms with Crippen LogP contribution in [0.4, 0.5) is 4.39 Å². The van der Waals surface area contributed by atoms with Gasteiger partial charge in [-0.05, 0) is 35.9 Å². The Bertz CT molecular complexity index is 1050. The molecule has 0 aliphatic carbocycles. The van der Waals surface area contributed by atoms with E-state index in [0.29, 0.717) is 5.75 Å². The average molecular weight is 365 g/mol. The Morgan fingerprint density at radius 2 is 1.96 bits per heavy atom. The fourth-order valence-electron chi connectivity index (χ4n) is 2.67. The van der Waals surface area contributed by atoms with Gasteiger partial charge in [0.15, 0.2) is 0 Å². The van der Waals surface area contributed by atoms with E-state index in [-0.39, 0.29) is 5.82 Å². The predicted octanol–water partition coefficient (Wildman–Crippen LogP) is 4.84. The van der Waals surface area contributed by atoms with Gasteiger partial charge in [-0.15, -0.1) is 0 Å². The lowest BCUT2D eigenvalue weighted by Gasteiger charge is -2.03.